The molecule has 0 atom stereocenters. The lowest BCUT2D eigenvalue weighted by Gasteiger charge is -2.32. The van der Waals surface area contributed by atoms with Crippen molar-refractivity contribution < 1.29 is 17.9 Å². The van der Waals surface area contributed by atoms with Crippen LogP contribution in [0.5, 0.6) is 5.75 Å². The summed E-state index contributed by atoms with van der Waals surface area (Å²) in [5.41, 5.74) is 1.72. The first kappa shape index (κ1) is 25.8. The average molecular weight is 489 g/mol. The van der Waals surface area contributed by atoms with E-state index in [0.717, 1.165) is 44.7 Å². The fraction of sp³-hybridized carbons (Fsp3) is 0.480. The van der Waals surface area contributed by atoms with Gasteiger partial charge in [0.05, 0.1) is 17.1 Å². The maximum atomic E-state index is 13.5. The SMILES string of the molecule is CCCCN(CC)C(=O)c1cc(NS(=O)(=O)c2ccc(OCC)cc2)ccc1N1CCNCC1. The molecule has 1 amide bonds. The number of piperazine rings is 1. The number of nitrogens with one attached hydrogen (secondary N) is 2. The van der Waals surface area contributed by atoms with Gasteiger partial charge in [-0.25, -0.2) is 8.42 Å². The Bertz CT molecular complexity index is 1050. The molecule has 2 N–H and O–H groups in total. The average Bonchev–Trinajstić information content (AvgIpc) is 2.85. The molecule has 0 aromatic heterocycles. The van der Waals surface area contributed by atoms with Crippen LogP contribution in [0, 0.1) is 0 Å². The summed E-state index contributed by atoms with van der Waals surface area (Å²) in [6, 6.07) is 11.5. The van der Waals surface area contributed by atoms with Gasteiger partial charge in [0.1, 0.15) is 5.75 Å². The van der Waals surface area contributed by atoms with E-state index >= 15 is 0 Å². The van der Waals surface area contributed by atoms with Crippen LogP contribution in [0.25, 0.3) is 0 Å². The number of carbonyl (C=O) groups is 1. The Hall–Kier alpha value is -2.78. The van der Waals surface area contributed by atoms with Gasteiger partial charge in [-0.05, 0) is 62.7 Å². The van der Waals surface area contributed by atoms with Crippen LogP contribution in [0.3, 0.4) is 0 Å². The van der Waals surface area contributed by atoms with Crippen molar-refractivity contribution in [1.82, 2.24) is 10.2 Å². The summed E-state index contributed by atoms with van der Waals surface area (Å²) in [7, 11) is -3.82. The molecule has 1 fully saturated rings. The first-order chi connectivity index (χ1) is 16.4. The van der Waals surface area contributed by atoms with Gasteiger partial charge in [0.15, 0.2) is 0 Å². The van der Waals surface area contributed by atoms with Crippen LogP contribution < -0.4 is 19.7 Å². The van der Waals surface area contributed by atoms with E-state index in [1.807, 2.05) is 24.8 Å². The normalized spacial score (nSPS) is 14.0. The number of rotatable bonds is 11. The molecule has 1 saturated heterocycles. The second-order valence-electron chi connectivity index (χ2n) is 8.22. The summed E-state index contributed by atoms with van der Waals surface area (Å²) in [6.07, 6.45) is 1.92. The van der Waals surface area contributed by atoms with Gasteiger partial charge >= 0.3 is 0 Å². The van der Waals surface area contributed by atoms with Crippen LogP contribution in [0.2, 0.25) is 0 Å². The highest BCUT2D eigenvalue weighted by molar-refractivity contribution is 7.92. The number of benzene rings is 2. The molecule has 2 aromatic carbocycles. The molecule has 0 aliphatic carbocycles. The molecule has 1 heterocycles. The predicted molar refractivity (Wildman–Crippen MR) is 136 cm³/mol. The van der Waals surface area contributed by atoms with E-state index in [2.05, 4.69) is 21.9 Å². The highest BCUT2D eigenvalue weighted by atomic mass is 32.2. The Labute approximate surface area is 203 Å². The summed E-state index contributed by atoms with van der Waals surface area (Å²) >= 11 is 0. The molecule has 0 saturated carbocycles. The van der Waals surface area contributed by atoms with Crippen LogP contribution in [-0.4, -0.2) is 65.1 Å². The van der Waals surface area contributed by atoms with Crippen molar-refractivity contribution in [2.24, 2.45) is 0 Å². The lowest BCUT2D eigenvalue weighted by Crippen LogP contribution is -2.44. The zero-order valence-electron chi connectivity index (χ0n) is 20.3. The number of carbonyl (C=O) groups excluding carboxylic acids is 1. The predicted octanol–water partition coefficient (Wildman–Crippen LogP) is 3.56. The third kappa shape index (κ3) is 6.42. The number of sulfonamides is 1. The third-order valence-corrected chi connectivity index (χ3v) is 7.23. The molecule has 0 radical (unpaired) electrons. The number of ether oxygens (including phenoxy) is 1. The zero-order valence-corrected chi connectivity index (χ0v) is 21.2. The van der Waals surface area contributed by atoms with E-state index in [1.165, 1.54) is 12.1 Å². The summed E-state index contributed by atoms with van der Waals surface area (Å²) in [5.74, 6) is 0.535. The maximum absolute atomic E-state index is 13.5. The quantitative estimate of drug-likeness (QED) is 0.503. The lowest BCUT2D eigenvalue weighted by atomic mass is 10.1. The van der Waals surface area contributed by atoms with Gasteiger partial charge in [0, 0.05) is 50.6 Å². The Kier molecular flexibility index (Phi) is 9.18. The van der Waals surface area contributed by atoms with Crippen molar-refractivity contribution >= 4 is 27.3 Å². The number of unbranched alkanes of at least 4 members (excludes halogenated alkanes) is 1. The lowest BCUT2D eigenvalue weighted by molar-refractivity contribution is 0.0763. The molecule has 34 heavy (non-hydrogen) atoms. The molecule has 2 aromatic rings. The van der Waals surface area contributed by atoms with E-state index in [1.54, 1.807) is 24.3 Å². The summed E-state index contributed by atoms with van der Waals surface area (Å²) in [6.45, 7) is 11.0. The van der Waals surface area contributed by atoms with E-state index in [-0.39, 0.29) is 10.8 Å². The van der Waals surface area contributed by atoms with Crippen molar-refractivity contribution in [2.45, 2.75) is 38.5 Å². The van der Waals surface area contributed by atoms with Crippen molar-refractivity contribution in [1.29, 1.82) is 0 Å². The van der Waals surface area contributed by atoms with Crippen molar-refractivity contribution in [3.8, 4) is 5.75 Å². The van der Waals surface area contributed by atoms with Crippen LogP contribution in [0.15, 0.2) is 47.4 Å². The minimum atomic E-state index is -3.82. The number of amides is 1. The summed E-state index contributed by atoms with van der Waals surface area (Å²) in [4.78, 5) is 17.7. The molecule has 9 heteroatoms. The van der Waals surface area contributed by atoms with Gasteiger partial charge in [0.25, 0.3) is 15.9 Å². The van der Waals surface area contributed by atoms with Crippen molar-refractivity contribution in [3.63, 3.8) is 0 Å². The van der Waals surface area contributed by atoms with Crippen LogP contribution >= 0.6 is 0 Å². The Morgan fingerprint density at radius 3 is 2.41 bits per heavy atom. The first-order valence-electron chi connectivity index (χ1n) is 12.0. The first-order valence-corrected chi connectivity index (χ1v) is 13.5. The molecule has 8 nitrogen and oxygen atoms in total. The van der Waals surface area contributed by atoms with Gasteiger partial charge in [-0.1, -0.05) is 13.3 Å². The number of hydrogen-bond donors (Lipinski definition) is 2. The summed E-state index contributed by atoms with van der Waals surface area (Å²) in [5, 5.41) is 3.33. The highest BCUT2D eigenvalue weighted by Crippen LogP contribution is 2.28. The number of nitrogens with zero attached hydrogens (tertiary/aromatic N) is 2. The Morgan fingerprint density at radius 1 is 1.09 bits per heavy atom. The van der Waals surface area contributed by atoms with Crippen molar-refractivity contribution in [3.05, 3.63) is 48.0 Å². The second kappa shape index (κ2) is 12.1. The standard InChI is InChI=1S/C25H36N4O4S/c1-4-7-16-28(5-2)25(30)23-19-20(8-13-24(23)29-17-14-26-15-18-29)27-34(31,32)22-11-9-21(10-12-22)33-6-3/h8-13,19,26-27H,4-7,14-18H2,1-3H3. The molecule has 0 unspecified atom stereocenters. The molecule has 1 aliphatic heterocycles. The molecular weight excluding hydrogens is 452 g/mol. The minimum Gasteiger partial charge on any atom is -0.494 e. The van der Waals surface area contributed by atoms with Crippen LogP contribution in [0.1, 0.15) is 44.0 Å². The van der Waals surface area contributed by atoms with E-state index in [9.17, 15) is 13.2 Å². The molecule has 0 bridgehead atoms. The molecule has 186 valence electrons. The van der Waals surface area contributed by atoms with E-state index in [0.29, 0.717) is 36.7 Å². The highest BCUT2D eigenvalue weighted by Gasteiger charge is 2.24. The zero-order chi connectivity index (χ0) is 24.6. The molecule has 0 spiro atoms. The largest absolute Gasteiger partial charge is 0.494 e. The molecular formula is C25H36N4O4S. The van der Waals surface area contributed by atoms with E-state index < -0.39 is 10.0 Å². The van der Waals surface area contributed by atoms with Gasteiger partial charge in [-0.15, -0.1) is 0 Å². The molecule has 3 rings (SSSR count). The topological polar surface area (TPSA) is 91.0 Å². The Balaban J connectivity index is 1.92. The third-order valence-electron chi connectivity index (χ3n) is 5.83. The number of hydrogen-bond acceptors (Lipinski definition) is 6. The fourth-order valence-corrected chi connectivity index (χ4v) is 5.02. The van der Waals surface area contributed by atoms with Gasteiger partial charge < -0.3 is 19.9 Å². The summed E-state index contributed by atoms with van der Waals surface area (Å²) < 4.78 is 34.0. The van der Waals surface area contributed by atoms with Crippen LogP contribution in [-0.2, 0) is 10.0 Å². The second-order valence-corrected chi connectivity index (χ2v) is 9.90. The number of anilines is 2. The molecule has 1 aliphatic rings. The van der Waals surface area contributed by atoms with Crippen LogP contribution in [0.4, 0.5) is 11.4 Å². The van der Waals surface area contributed by atoms with Gasteiger partial charge in [0.2, 0.25) is 0 Å². The smallest absolute Gasteiger partial charge is 0.261 e. The fourth-order valence-electron chi connectivity index (χ4n) is 3.97. The van der Waals surface area contributed by atoms with Gasteiger partial charge in [-0.2, -0.15) is 0 Å². The van der Waals surface area contributed by atoms with E-state index in [4.69, 9.17) is 4.74 Å². The van der Waals surface area contributed by atoms with Crippen molar-refractivity contribution in [2.75, 3.05) is 55.5 Å². The Morgan fingerprint density at radius 2 is 1.79 bits per heavy atom. The monoisotopic (exact) mass is 488 g/mol. The van der Waals surface area contributed by atoms with Gasteiger partial charge in [-0.3, -0.25) is 9.52 Å². The maximum Gasteiger partial charge on any atom is 0.261 e. The minimum absolute atomic E-state index is 0.0772.